The van der Waals surface area contributed by atoms with Crippen LogP contribution < -0.4 is 11.5 Å². The number of rotatable bonds is 2. The average Bonchev–Trinajstić information content (AvgIpc) is 2.89. The SMILES string of the molecule is Nc1nc(N)c2c(ccc3c2ccn3Cc2cccc(F)c2)n1. The quantitative estimate of drug-likeness (QED) is 0.596. The summed E-state index contributed by atoms with van der Waals surface area (Å²) < 4.78 is 15.4. The van der Waals surface area contributed by atoms with Crippen LogP contribution in [0.2, 0.25) is 0 Å². The minimum Gasteiger partial charge on any atom is -0.383 e. The molecule has 0 bridgehead atoms. The maximum absolute atomic E-state index is 13.4. The zero-order valence-electron chi connectivity index (χ0n) is 12.2. The van der Waals surface area contributed by atoms with Crippen molar-refractivity contribution in [2.24, 2.45) is 0 Å². The van der Waals surface area contributed by atoms with Gasteiger partial charge in [0.1, 0.15) is 11.6 Å². The molecule has 114 valence electrons. The van der Waals surface area contributed by atoms with Gasteiger partial charge in [-0.25, -0.2) is 9.37 Å². The van der Waals surface area contributed by atoms with E-state index in [1.165, 1.54) is 12.1 Å². The van der Waals surface area contributed by atoms with E-state index >= 15 is 0 Å². The van der Waals surface area contributed by atoms with Gasteiger partial charge in [-0.1, -0.05) is 12.1 Å². The van der Waals surface area contributed by atoms with Crippen molar-refractivity contribution in [1.82, 2.24) is 14.5 Å². The second-order valence-corrected chi connectivity index (χ2v) is 5.43. The first-order valence-corrected chi connectivity index (χ1v) is 7.17. The molecule has 4 rings (SSSR count). The van der Waals surface area contributed by atoms with Crippen molar-refractivity contribution in [2.75, 3.05) is 11.5 Å². The highest BCUT2D eigenvalue weighted by atomic mass is 19.1. The van der Waals surface area contributed by atoms with E-state index in [1.54, 1.807) is 6.07 Å². The molecular weight excluding hydrogens is 293 g/mol. The van der Waals surface area contributed by atoms with Crippen LogP contribution in [0.5, 0.6) is 0 Å². The van der Waals surface area contributed by atoms with Crippen molar-refractivity contribution in [1.29, 1.82) is 0 Å². The number of nitrogens with zero attached hydrogens (tertiary/aromatic N) is 3. The third-order valence-electron chi connectivity index (χ3n) is 3.90. The van der Waals surface area contributed by atoms with Gasteiger partial charge in [0.2, 0.25) is 5.95 Å². The van der Waals surface area contributed by atoms with Gasteiger partial charge in [0.25, 0.3) is 0 Å². The van der Waals surface area contributed by atoms with Crippen LogP contribution in [0.3, 0.4) is 0 Å². The van der Waals surface area contributed by atoms with Crippen LogP contribution in [-0.2, 0) is 6.54 Å². The van der Waals surface area contributed by atoms with E-state index in [2.05, 4.69) is 9.97 Å². The molecule has 2 aromatic heterocycles. The maximum atomic E-state index is 13.4. The molecule has 0 aliphatic carbocycles. The fraction of sp³-hybridized carbons (Fsp3) is 0.0588. The highest BCUT2D eigenvalue weighted by Gasteiger charge is 2.11. The Hall–Kier alpha value is -3.15. The molecule has 0 aliphatic heterocycles. The van der Waals surface area contributed by atoms with Crippen LogP contribution in [0.25, 0.3) is 21.8 Å². The Morgan fingerprint density at radius 2 is 1.91 bits per heavy atom. The zero-order chi connectivity index (χ0) is 16.0. The number of halogens is 1. The summed E-state index contributed by atoms with van der Waals surface area (Å²) in [6, 6.07) is 12.4. The monoisotopic (exact) mass is 307 g/mol. The number of hydrogen-bond donors (Lipinski definition) is 2. The topological polar surface area (TPSA) is 82.7 Å². The van der Waals surface area contributed by atoms with Gasteiger partial charge in [-0.2, -0.15) is 4.98 Å². The minimum absolute atomic E-state index is 0.161. The van der Waals surface area contributed by atoms with Crippen LogP contribution in [0.15, 0.2) is 48.7 Å². The van der Waals surface area contributed by atoms with Gasteiger partial charge in [0.05, 0.1) is 10.9 Å². The number of anilines is 2. The van der Waals surface area contributed by atoms with E-state index in [9.17, 15) is 4.39 Å². The number of benzene rings is 2. The van der Waals surface area contributed by atoms with Crippen molar-refractivity contribution < 1.29 is 4.39 Å². The van der Waals surface area contributed by atoms with Gasteiger partial charge in [-0.3, -0.25) is 0 Å². The van der Waals surface area contributed by atoms with Gasteiger partial charge in [-0.15, -0.1) is 0 Å². The molecule has 0 saturated heterocycles. The highest BCUT2D eigenvalue weighted by Crippen LogP contribution is 2.29. The molecule has 0 fully saturated rings. The van der Waals surface area contributed by atoms with Gasteiger partial charge < -0.3 is 16.0 Å². The normalized spacial score (nSPS) is 11.3. The maximum Gasteiger partial charge on any atom is 0.222 e. The minimum atomic E-state index is -0.238. The Balaban J connectivity index is 1.88. The van der Waals surface area contributed by atoms with E-state index in [4.69, 9.17) is 11.5 Å². The summed E-state index contributed by atoms with van der Waals surface area (Å²) in [6.07, 6.45) is 1.95. The molecular formula is C17H14FN5. The third-order valence-corrected chi connectivity index (χ3v) is 3.90. The van der Waals surface area contributed by atoms with Crippen LogP contribution in [0.1, 0.15) is 5.56 Å². The van der Waals surface area contributed by atoms with Gasteiger partial charge in [0.15, 0.2) is 0 Å². The van der Waals surface area contributed by atoms with Gasteiger partial charge in [0, 0.05) is 23.6 Å². The van der Waals surface area contributed by atoms with Crippen molar-refractivity contribution in [3.8, 4) is 0 Å². The number of nitrogen functional groups attached to an aromatic ring is 2. The molecule has 0 spiro atoms. The molecule has 2 heterocycles. The van der Waals surface area contributed by atoms with E-state index < -0.39 is 0 Å². The largest absolute Gasteiger partial charge is 0.383 e. The molecule has 23 heavy (non-hydrogen) atoms. The number of hydrogen-bond acceptors (Lipinski definition) is 4. The Bertz CT molecular complexity index is 1040. The molecule has 4 N–H and O–H groups in total. The van der Waals surface area contributed by atoms with Crippen LogP contribution >= 0.6 is 0 Å². The summed E-state index contributed by atoms with van der Waals surface area (Å²) in [5, 5.41) is 1.74. The standard InChI is InChI=1S/C17H14FN5/c18-11-3-1-2-10(8-11)9-23-7-6-12-14(23)5-4-13-15(12)16(19)22-17(20)21-13/h1-8H,9H2,(H4,19,20,21,22). The Morgan fingerprint density at radius 1 is 1.04 bits per heavy atom. The predicted octanol–water partition coefficient (Wildman–Crippen LogP) is 2.94. The number of fused-ring (bicyclic) bond motifs is 3. The summed E-state index contributed by atoms with van der Waals surface area (Å²) >= 11 is 0. The van der Waals surface area contributed by atoms with Gasteiger partial charge >= 0.3 is 0 Å². The Morgan fingerprint density at radius 3 is 2.74 bits per heavy atom. The fourth-order valence-corrected chi connectivity index (χ4v) is 2.92. The van der Waals surface area contributed by atoms with Crippen molar-refractivity contribution >= 4 is 33.6 Å². The molecule has 0 atom stereocenters. The first kappa shape index (κ1) is 13.5. The molecule has 0 aliphatic rings. The molecule has 5 nitrogen and oxygen atoms in total. The summed E-state index contributed by atoms with van der Waals surface area (Å²) in [5.41, 5.74) is 14.3. The number of aromatic nitrogens is 3. The Kier molecular flexibility index (Phi) is 2.90. The van der Waals surface area contributed by atoms with E-state index in [0.29, 0.717) is 17.9 Å². The molecule has 0 unspecified atom stereocenters. The van der Waals surface area contributed by atoms with E-state index in [1.807, 2.05) is 35.0 Å². The van der Waals surface area contributed by atoms with Crippen molar-refractivity contribution in [3.05, 3.63) is 60.0 Å². The van der Waals surface area contributed by atoms with E-state index in [-0.39, 0.29) is 11.8 Å². The van der Waals surface area contributed by atoms with Crippen LogP contribution in [0.4, 0.5) is 16.2 Å². The molecule has 4 aromatic rings. The number of nitrogens with two attached hydrogens (primary N) is 2. The van der Waals surface area contributed by atoms with E-state index in [0.717, 1.165) is 21.9 Å². The molecule has 0 saturated carbocycles. The predicted molar refractivity (Wildman–Crippen MR) is 89.4 cm³/mol. The third kappa shape index (κ3) is 2.24. The lowest BCUT2D eigenvalue weighted by molar-refractivity contribution is 0.624. The van der Waals surface area contributed by atoms with Crippen molar-refractivity contribution in [3.63, 3.8) is 0 Å². The van der Waals surface area contributed by atoms with Crippen LogP contribution in [-0.4, -0.2) is 14.5 Å². The molecule has 0 amide bonds. The smallest absolute Gasteiger partial charge is 0.222 e. The zero-order valence-corrected chi connectivity index (χ0v) is 12.2. The highest BCUT2D eigenvalue weighted by molar-refractivity contribution is 6.10. The summed E-state index contributed by atoms with van der Waals surface area (Å²) in [4.78, 5) is 8.26. The molecule has 2 aromatic carbocycles. The van der Waals surface area contributed by atoms with Crippen LogP contribution in [0, 0.1) is 5.82 Å². The second kappa shape index (κ2) is 4.95. The van der Waals surface area contributed by atoms with Crippen molar-refractivity contribution in [2.45, 2.75) is 6.54 Å². The summed E-state index contributed by atoms with van der Waals surface area (Å²) in [5.74, 6) is 0.285. The second-order valence-electron chi connectivity index (χ2n) is 5.43. The average molecular weight is 307 g/mol. The summed E-state index contributed by atoms with van der Waals surface area (Å²) in [6.45, 7) is 0.572. The lowest BCUT2D eigenvalue weighted by Gasteiger charge is -2.08. The first-order valence-electron chi connectivity index (χ1n) is 7.17. The fourth-order valence-electron chi connectivity index (χ4n) is 2.92. The van der Waals surface area contributed by atoms with Gasteiger partial charge in [-0.05, 0) is 35.9 Å². The Labute approximate surface area is 131 Å². The molecule has 0 radical (unpaired) electrons. The lowest BCUT2D eigenvalue weighted by Crippen LogP contribution is -2.01. The summed E-state index contributed by atoms with van der Waals surface area (Å²) in [7, 11) is 0. The molecule has 6 heteroatoms. The first-order chi connectivity index (χ1) is 11.1. The lowest BCUT2D eigenvalue weighted by atomic mass is 10.1.